The summed E-state index contributed by atoms with van der Waals surface area (Å²) in [7, 11) is 0. The summed E-state index contributed by atoms with van der Waals surface area (Å²) in [4.78, 5) is 38.2. The minimum Gasteiger partial charge on any atom is -0.486 e. The molecule has 1 amide bonds. The number of aromatic nitrogens is 2. The van der Waals surface area contributed by atoms with E-state index in [1.807, 2.05) is 59.5 Å². The number of aliphatic carboxylic acids is 2. The molecule has 9 nitrogen and oxygen atoms in total. The number of nitrogens with zero attached hydrogens (tertiary/aromatic N) is 3. The first-order valence-electron chi connectivity index (χ1n) is 14.9. The zero-order chi connectivity index (χ0) is 31.6. The van der Waals surface area contributed by atoms with Crippen molar-refractivity contribution in [2.45, 2.75) is 32.4 Å². The Labute approximate surface area is 261 Å². The third-order valence-corrected chi connectivity index (χ3v) is 7.85. The average molecular weight is 606 g/mol. The molecule has 1 aromatic heterocycles. The van der Waals surface area contributed by atoms with Crippen LogP contribution in [-0.2, 0) is 34.0 Å². The molecule has 0 bridgehead atoms. The van der Waals surface area contributed by atoms with Crippen molar-refractivity contribution >= 4 is 28.9 Å². The van der Waals surface area contributed by atoms with Gasteiger partial charge in [-0.05, 0) is 59.7 Å². The number of benzene rings is 4. The van der Waals surface area contributed by atoms with E-state index < -0.39 is 11.9 Å². The smallest absolute Gasteiger partial charge is 0.414 e. The molecule has 45 heavy (non-hydrogen) atoms. The highest BCUT2D eigenvalue weighted by Crippen LogP contribution is 2.25. The number of para-hydroxylation sites is 3. The number of carboxylic acid groups (broad SMARTS) is 2. The fourth-order valence-corrected chi connectivity index (χ4v) is 5.46. The molecule has 0 saturated carbocycles. The second-order valence-corrected chi connectivity index (χ2v) is 10.9. The summed E-state index contributed by atoms with van der Waals surface area (Å²) in [5.41, 5.74) is 5.57. The fourth-order valence-electron chi connectivity index (χ4n) is 5.46. The summed E-state index contributed by atoms with van der Waals surface area (Å²) in [6, 6.07) is 36.9. The monoisotopic (exact) mass is 605 g/mol. The van der Waals surface area contributed by atoms with Gasteiger partial charge in [-0.25, -0.2) is 14.6 Å². The van der Waals surface area contributed by atoms with Gasteiger partial charge in [0.2, 0.25) is 5.91 Å². The standard InChI is InChI=1S/C34H33N3O2.C2H2O4/c38-34(23-26-15-17-29(18-16-26)28-9-3-1-4-10-28)36-21-19-27(20-22-36)24-37-32-14-8-7-13-31(32)35-33(37)25-39-30-11-5-2-6-12-30;3-1(4)2(5)6/h1-18,27H,19-25H2;(H,3,4)(H,5,6). The highest BCUT2D eigenvalue weighted by atomic mass is 16.5. The van der Waals surface area contributed by atoms with Gasteiger partial charge in [-0.3, -0.25) is 4.79 Å². The number of ether oxygens (including phenoxy) is 1. The van der Waals surface area contributed by atoms with E-state index in [0.717, 1.165) is 60.6 Å². The average Bonchev–Trinajstić information content (AvgIpc) is 3.42. The molecule has 4 aromatic carbocycles. The van der Waals surface area contributed by atoms with Gasteiger partial charge in [-0.2, -0.15) is 0 Å². The van der Waals surface area contributed by atoms with Crippen LogP contribution >= 0.6 is 0 Å². The largest absolute Gasteiger partial charge is 0.486 e. The van der Waals surface area contributed by atoms with Crippen LogP contribution in [0.4, 0.5) is 0 Å². The molecule has 6 rings (SSSR count). The van der Waals surface area contributed by atoms with Gasteiger partial charge in [0, 0.05) is 19.6 Å². The Morgan fingerprint density at radius 1 is 0.733 bits per heavy atom. The van der Waals surface area contributed by atoms with Crippen molar-refractivity contribution in [3.8, 4) is 16.9 Å². The number of rotatable bonds is 8. The van der Waals surface area contributed by atoms with Crippen LogP contribution in [0.3, 0.4) is 0 Å². The van der Waals surface area contributed by atoms with Crippen LogP contribution in [0.5, 0.6) is 5.75 Å². The van der Waals surface area contributed by atoms with E-state index in [1.54, 1.807) is 0 Å². The minimum absolute atomic E-state index is 0.214. The molecule has 0 atom stereocenters. The highest BCUT2D eigenvalue weighted by Gasteiger charge is 2.24. The van der Waals surface area contributed by atoms with E-state index in [0.29, 0.717) is 18.9 Å². The first-order valence-corrected chi connectivity index (χ1v) is 14.9. The van der Waals surface area contributed by atoms with Crippen molar-refractivity contribution in [2.75, 3.05) is 13.1 Å². The van der Waals surface area contributed by atoms with Crippen molar-refractivity contribution in [1.29, 1.82) is 0 Å². The van der Waals surface area contributed by atoms with E-state index in [9.17, 15) is 4.79 Å². The van der Waals surface area contributed by atoms with Gasteiger partial charge in [0.1, 0.15) is 18.2 Å². The van der Waals surface area contributed by atoms with Crippen LogP contribution in [0.2, 0.25) is 0 Å². The summed E-state index contributed by atoms with van der Waals surface area (Å²) in [5, 5.41) is 14.8. The molecular formula is C36H35N3O6. The second-order valence-electron chi connectivity index (χ2n) is 10.9. The molecule has 0 aliphatic carbocycles. The normalized spacial score (nSPS) is 13.1. The van der Waals surface area contributed by atoms with Crippen LogP contribution in [-0.4, -0.2) is 55.6 Å². The maximum absolute atomic E-state index is 13.1. The molecule has 0 unspecified atom stereocenters. The van der Waals surface area contributed by atoms with Gasteiger partial charge in [-0.1, -0.05) is 84.9 Å². The van der Waals surface area contributed by atoms with Crippen molar-refractivity contribution in [3.05, 3.63) is 121 Å². The van der Waals surface area contributed by atoms with Crippen molar-refractivity contribution in [1.82, 2.24) is 14.5 Å². The van der Waals surface area contributed by atoms with Crippen LogP contribution in [0.1, 0.15) is 24.2 Å². The Bertz CT molecular complexity index is 1720. The summed E-state index contributed by atoms with van der Waals surface area (Å²) < 4.78 is 8.37. The molecule has 230 valence electrons. The van der Waals surface area contributed by atoms with E-state index in [1.165, 1.54) is 11.1 Å². The Kier molecular flexibility index (Phi) is 10.2. The van der Waals surface area contributed by atoms with Gasteiger partial charge in [0.25, 0.3) is 0 Å². The molecule has 1 aliphatic heterocycles. The lowest BCUT2D eigenvalue weighted by molar-refractivity contribution is -0.159. The minimum atomic E-state index is -1.82. The van der Waals surface area contributed by atoms with Crippen LogP contribution in [0, 0.1) is 5.92 Å². The SMILES string of the molecule is O=C(Cc1ccc(-c2ccccc2)cc1)N1CCC(Cn2c(COc3ccccc3)nc3ccccc32)CC1.O=C(O)C(=O)O. The number of imidazole rings is 1. The molecule has 5 aromatic rings. The highest BCUT2D eigenvalue weighted by molar-refractivity contribution is 6.27. The van der Waals surface area contributed by atoms with Gasteiger partial charge in [-0.15, -0.1) is 0 Å². The zero-order valence-corrected chi connectivity index (χ0v) is 24.8. The van der Waals surface area contributed by atoms with E-state index in [-0.39, 0.29) is 5.91 Å². The number of piperidine rings is 1. The molecule has 1 fully saturated rings. The maximum Gasteiger partial charge on any atom is 0.414 e. The zero-order valence-electron chi connectivity index (χ0n) is 24.8. The Hall–Kier alpha value is -5.44. The summed E-state index contributed by atoms with van der Waals surface area (Å²) in [6.45, 7) is 2.91. The number of hydrogen-bond acceptors (Lipinski definition) is 5. The molecule has 1 aliphatic rings. The first-order chi connectivity index (χ1) is 21.9. The maximum atomic E-state index is 13.1. The Balaban J connectivity index is 0.000000609. The van der Waals surface area contributed by atoms with Crippen molar-refractivity contribution in [3.63, 3.8) is 0 Å². The van der Waals surface area contributed by atoms with Gasteiger partial charge in [0.15, 0.2) is 0 Å². The van der Waals surface area contributed by atoms with E-state index >= 15 is 0 Å². The predicted molar refractivity (Wildman–Crippen MR) is 171 cm³/mol. The summed E-state index contributed by atoms with van der Waals surface area (Å²) in [5.74, 6) is -1.15. The summed E-state index contributed by atoms with van der Waals surface area (Å²) >= 11 is 0. The van der Waals surface area contributed by atoms with Crippen LogP contribution < -0.4 is 4.74 Å². The number of fused-ring (bicyclic) bond motifs is 1. The van der Waals surface area contributed by atoms with Crippen molar-refractivity contribution < 1.29 is 29.3 Å². The third kappa shape index (κ3) is 8.35. The third-order valence-electron chi connectivity index (χ3n) is 7.85. The van der Waals surface area contributed by atoms with Crippen LogP contribution in [0.25, 0.3) is 22.2 Å². The van der Waals surface area contributed by atoms with E-state index in [2.05, 4.69) is 59.2 Å². The number of amides is 1. The van der Waals surface area contributed by atoms with Gasteiger partial charge >= 0.3 is 11.9 Å². The molecular weight excluding hydrogens is 570 g/mol. The Morgan fingerprint density at radius 3 is 1.96 bits per heavy atom. The summed E-state index contributed by atoms with van der Waals surface area (Å²) in [6.07, 6.45) is 2.43. The number of carbonyl (C=O) groups excluding carboxylic acids is 1. The lowest BCUT2D eigenvalue weighted by Crippen LogP contribution is -2.40. The molecule has 9 heteroatoms. The quantitative estimate of drug-likeness (QED) is 0.211. The van der Waals surface area contributed by atoms with E-state index in [4.69, 9.17) is 29.5 Å². The molecule has 2 heterocycles. The lowest BCUT2D eigenvalue weighted by atomic mass is 9.96. The molecule has 2 N–H and O–H groups in total. The number of likely N-dealkylation sites (tertiary alicyclic amines) is 1. The molecule has 0 spiro atoms. The predicted octanol–water partition coefficient (Wildman–Crippen LogP) is 5.92. The fraction of sp³-hybridized carbons (Fsp3) is 0.222. The first kappa shape index (κ1) is 31.0. The lowest BCUT2D eigenvalue weighted by Gasteiger charge is -2.32. The molecule has 1 saturated heterocycles. The number of carboxylic acids is 2. The number of hydrogen-bond donors (Lipinski definition) is 2. The second kappa shape index (κ2) is 14.8. The van der Waals surface area contributed by atoms with Crippen molar-refractivity contribution in [2.24, 2.45) is 5.92 Å². The van der Waals surface area contributed by atoms with Gasteiger partial charge < -0.3 is 24.4 Å². The topological polar surface area (TPSA) is 122 Å². The van der Waals surface area contributed by atoms with Gasteiger partial charge in [0.05, 0.1) is 17.5 Å². The number of carbonyl (C=O) groups is 3. The van der Waals surface area contributed by atoms with Crippen LogP contribution in [0.15, 0.2) is 109 Å². The Morgan fingerprint density at radius 2 is 1.31 bits per heavy atom. The molecule has 0 radical (unpaired) electrons.